The zero-order chi connectivity index (χ0) is 11.2. The molecule has 1 heterocycles. The number of nitrogens with zero attached hydrogens (tertiary/aromatic N) is 3. The van der Waals surface area contributed by atoms with E-state index in [1.807, 2.05) is 0 Å². The van der Waals surface area contributed by atoms with Crippen LogP contribution in [0.5, 0.6) is 0 Å². The maximum Gasteiger partial charge on any atom is 0.184 e. The van der Waals surface area contributed by atoms with Gasteiger partial charge in [0.05, 0.1) is 11.0 Å². The highest BCUT2D eigenvalue weighted by molar-refractivity contribution is 8.00. The summed E-state index contributed by atoms with van der Waals surface area (Å²) in [6.45, 7) is 0. The summed E-state index contributed by atoms with van der Waals surface area (Å²) < 4.78 is 0. The first-order valence-electron chi connectivity index (χ1n) is 5.28. The summed E-state index contributed by atoms with van der Waals surface area (Å²) in [5.41, 5.74) is 0.839. The van der Waals surface area contributed by atoms with E-state index in [9.17, 15) is 0 Å². The number of H-pyrrole nitrogens is 1. The van der Waals surface area contributed by atoms with Crippen LogP contribution in [0.2, 0.25) is 0 Å². The monoisotopic (exact) mass is 238 g/mol. The first-order chi connectivity index (χ1) is 7.90. The molecule has 0 radical (unpaired) electrons. The molecule has 0 spiro atoms. The van der Waals surface area contributed by atoms with Crippen LogP contribution in [0.3, 0.4) is 0 Å². The maximum absolute atomic E-state index is 9.01. The fourth-order valence-corrected chi connectivity index (χ4v) is 2.71. The highest BCUT2D eigenvalue weighted by Crippen LogP contribution is 2.27. The van der Waals surface area contributed by atoms with Gasteiger partial charge in [-0.15, -0.1) is 0 Å². The zero-order valence-corrected chi connectivity index (χ0v) is 9.65. The van der Waals surface area contributed by atoms with Crippen molar-refractivity contribution in [3.05, 3.63) is 18.5 Å². The Kier molecular flexibility index (Phi) is 3.98. The Morgan fingerprint density at radius 1 is 1.44 bits per heavy atom. The molecular weight excluding hydrogens is 224 g/mol. The van der Waals surface area contributed by atoms with Crippen molar-refractivity contribution < 1.29 is 5.21 Å². The molecule has 1 aliphatic rings. The van der Waals surface area contributed by atoms with E-state index in [0.717, 1.165) is 36.6 Å². The largest absolute Gasteiger partial charge is 0.411 e. The lowest BCUT2D eigenvalue weighted by molar-refractivity contribution is 0.316. The lowest BCUT2D eigenvalue weighted by Crippen LogP contribution is -2.18. The average molecular weight is 238 g/mol. The first-order valence-corrected chi connectivity index (χ1v) is 6.16. The van der Waals surface area contributed by atoms with E-state index in [1.165, 1.54) is 6.33 Å². The summed E-state index contributed by atoms with van der Waals surface area (Å²) in [7, 11) is 0. The Bertz CT molecular complexity index is 374. The number of allylic oxidation sites excluding steroid dienone is 2. The van der Waals surface area contributed by atoms with Crippen LogP contribution in [0.25, 0.3) is 0 Å². The normalized spacial score (nSPS) is 26.2. The quantitative estimate of drug-likeness (QED) is 0.470. The zero-order valence-electron chi connectivity index (χ0n) is 8.83. The summed E-state index contributed by atoms with van der Waals surface area (Å²) in [5.74, 6) is 0. The van der Waals surface area contributed by atoms with Gasteiger partial charge in [-0.2, -0.15) is 5.10 Å². The fraction of sp³-hybridized carbons (Fsp3) is 0.500. The smallest absolute Gasteiger partial charge is 0.184 e. The molecule has 6 heteroatoms. The minimum Gasteiger partial charge on any atom is -0.411 e. The molecule has 0 saturated heterocycles. The topological polar surface area (TPSA) is 74.2 Å². The van der Waals surface area contributed by atoms with Gasteiger partial charge in [-0.1, -0.05) is 29.1 Å². The van der Waals surface area contributed by atoms with Crippen LogP contribution >= 0.6 is 11.8 Å². The van der Waals surface area contributed by atoms with Crippen molar-refractivity contribution in [2.75, 3.05) is 0 Å². The molecule has 0 bridgehead atoms. The summed E-state index contributed by atoms with van der Waals surface area (Å²) in [6, 6.07) is 0. The van der Waals surface area contributed by atoms with Gasteiger partial charge in [-0.3, -0.25) is 5.10 Å². The second kappa shape index (κ2) is 5.69. The fourth-order valence-electron chi connectivity index (χ4n) is 1.67. The summed E-state index contributed by atoms with van der Waals surface area (Å²) in [4.78, 5) is 4.07. The van der Waals surface area contributed by atoms with Crippen molar-refractivity contribution in [3.8, 4) is 0 Å². The van der Waals surface area contributed by atoms with E-state index in [-0.39, 0.29) is 5.25 Å². The highest BCUT2D eigenvalue weighted by atomic mass is 32.2. The molecule has 1 aliphatic carbocycles. The van der Waals surface area contributed by atoms with Gasteiger partial charge in [0.25, 0.3) is 0 Å². The van der Waals surface area contributed by atoms with Crippen molar-refractivity contribution in [1.82, 2.24) is 15.2 Å². The molecule has 1 aromatic rings. The van der Waals surface area contributed by atoms with Gasteiger partial charge >= 0.3 is 0 Å². The van der Waals surface area contributed by atoms with Crippen LogP contribution < -0.4 is 0 Å². The van der Waals surface area contributed by atoms with Crippen LogP contribution in [0.15, 0.2) is 28.8 Å². The molecule has 0 saturated carbocycles. The lowest BCUT2D eigenvalue weighted by atomic mass is 10.0. The average Bonchev–Trinajstić information content (AvgIpc) is 2.75. The van der Waals surface area contributed by atoms with Crippen molar-refractivity contribution in [2.45, 2.75) is 36.1 Å². The van der Waals surface area contributed by atoms with Gasteiger partial charge in [0.15, 0.2) is 5.16 Å². The van der Waals surface area contributed by atoms with E-state index >= 15 is 0 Å². The van der Waals surface area contributed by atoms with Gasteiger partial charge in [0, 0.05) is 0 Å². The van der Waals surface area contributed by atoms with Gasteiger partial charge in [-0.05, 0) is 25.7 Å². The van der Waals surface area contributed by atoms with E-state index in [1.54, 1.807) is 11.8 Å². The molecule has 2 N–H and O–H groups in total. The van der Waals surface area contributed by atoms with E-state index in [2.05, 4.69) is 32.5 Å². The predicted octanol–water partition coefficient (Wildman–Crippen LogP) is 2.23. The highest BCUT2D eigenvalue weighted by Gasteiger charge is 2.19. The van der Waals surface area contributed by atoms with Gasteiger partial charge in [-0.25, -0.2) is 4.98 Å². The van der Waals surface area contributed by atoms with Crippen LogP contribution in [0.4, 0.5) is 0 Å². The molecule has 16 heavy (non-hydrogen) atoms. The Labute approximate surface area is 98.0 Å². The maximum atomic E-state index is 9.01. The van der Waals surface area contributed by atoms with E-state index in [0.29, 0.717) is 0 Å². The molecule has 0 amide bonds. The summed E-state index contributed by atoms with van der Waals surface area (Å²) in [6.07, 6.45) is 9.52. The molecular formula is C10H14N4OS. The number of rotatable bonds is 2. The van der Waals surface area contributed by atoms with Crippen molar-refractivity contribution in [1.29, 1.82) is 0 Å². The third-order valence-electron chi connectivity index (χ3n) is 2.48. The molecule has 5 nitrogen and oxygen atoms in total. The predicted molar refractivity (Wildman–Crippen MR) is 62.9 cm³/mol. The number of oxime groups is 1. The molecule has 0 fully saturated rings. The summed E-state index contributed by atoms with van der Waals surface area (Å²) >= 11 is 1.57. The third kappa shape index (κ3) is 2.85. The molecule has 1 aromatic heterocycles. The van der Waals surface area contributed by atoms with E-state index < -0.39 is 0 Å². The lowest BCUT2D eigenvalue weighted by Gasteiger charge is -2.16. The number of aromatic nitrogens is 3. The van der Waals surface area contributed by atoms with Crippen molar-refractivity contribution >= 4 is 17.5 Å². The van der Waals surface area contributed by atoms with Gasteiger partial charge < -0.3 is 5.21 Å². The van der Waals surface area contributed by atoms with Crippen LogP contribution in [0, 0.1) is 0 Å². The number of hydrogen-bond donors (Lipinski definition) is 2. The Morgan fingerprint density at radius 3 is 3.06 bits per heavy atom. The number of thioether (sulfide) groups is 1. The summed E-state index contributed by atoms with van der Waals surface area (Å²) in [5, 5.41) is 20.0. The standard InChI is InChI=1S/C10H14N4OS/c15-14-8-5-3-1-2-4-6-9(8)16-10-11-7-12-13-10/h1-2,7,9,15H,3-6H2,(H,11,12,13)/b2-1-,14-8-. The molecule has 0 aliphatic heterocycles. The second-order valence-corrected chi connectivity index (χ2v) is 4.77. The van der Waals surface area contributed by atoms with E-state index in [4.69, 9.17) is 5.21 Å². The molecule has 2 rings (SSSR count). The molecule has 1 atom stereocenters. The van der Waals surface area contributed by atoms with Crippen molar-refractivity contribution in [3.63, 3.8) is 0 Å². The van der Waals surface area contributed by atoms with Crippen LogP contribution in [-0.2, 0) is 0 Å². The van der Waals surface area contributed by atoms with Gasteiger partial charge in [0.2, 0.25) is 0 Å². The Hall–Kier alpha value is -1.30. The molecule has 0 aromatic carbocycles. The third-order valence-corrected chi connectivity index (χ3v) is 3.69. The minimum atomic E-state index is 0.183. The minimum absolute atomic E-state index is 0.183. The van der Waals surface area contributed by atoms with Gasteiger partial charge in [0.1, 0.15) is 6.33 Å². The Morgan fingerprint density at radius 2 is 2.31 bits per heavy atom. The van der Waals surface area contributed by atoms with Crippen LogP contribution in [0.1, 0.15) is 25.7 Å². The number of aromatic amines is 1. The number of nitrogens with one attached hydrogen (secondary N) is 1. The SMILES string of the molecule is O/N=C1/CC/C=C\CCC1Sc1ncn[nH]1. The first kappa shape index (κ1) is 11.2. The second-order valence-electron chi connectivity index (χ2n) is 3.58. The Balaban J connectivity index is 2.06. The van der Waals surface area contributed by atoms with Crippen LogP contribution in [-0.4, -0.2) is 31.4 Å². The van der Waals surface area contributed by atoms with Crippen molar-refractivity contribution in [2.24, 2.45) is 5.16 Å². The molecule has 1 unspecified atom stereocenters. The number of hydrogen-bond acceptors (Lipinski definition) is 5. The molecule has 86 valence electrons.